The molecule has 0 radical (unpaired) electrons. The molecule has 24 heavy (non-hydrogen) atoms. The largest absolute Gasteiger partial charge is 0.324 e. The van der Waals surface area contributed by atoms with Crippen LogP contribution in [0.2, 0.25) is 0 Å². The van der Waals surface area contributed by atoms with Crippen LogP contribution < -0.4 is 10.9 Å². The summed E-state index contributed by atoms with van der Waals surface area (Å²) in [6, 6.07) is 8.45. The van der Waals surface area contributed by atoms with Crippen LogP contribution in [0.15, 0.2) is 35.1 Å². The highest BCUT2D eigenvalue weighted by molar-refractivity contribution is 7.18. The highest BCUT2D eigenvalue weighted by atomic mass is 32.1. The van der Waals surface area contributed by atoms with Crippen LogP contribution >= 0.6 is 11.3 Å². The quantitative estimate of drug-likeness (QED) is 0.790. The fourth-order valence-corrected chi connectivity index (χ4v) is 3.56. The Bertz CT molecular complexity index is 946. The van der Waals surface area contributed by atoms with Crippen LogP contribution in [0.4, 0.5) is 5.69 Å². The zero-order valence-electron chi connectivity index (χ0n) is 13.7. The van der Waals surface area contributed by atoms with Gasteiger partial charge in [0.2, 0.25) is 5.91 Å². The molecule has 1 amide bonds. The van der Waals surface area contributed by atoms with Gasteiger partial charge in [0.1, 0.15) is 6.04 Å². The number of aromatic nitrogens is 3. The van der Waals surface area contributed by atoms with Gasteiger partial charge in [-0.15, -0.1) is 16.4 Å². The summed E-state index contributed by atoms with van der Waals surface area (Å²) >= 11 is 1.44. The first-order chi connectivity index (χ1) is 11.5. The molecule has 3 aromatic rings. The molecule has 2 heterocycles. The highest BCUT2D eigenvalue weighted by Gasteiger charge is 2.24. The number of thiophene rings is 1. The van der Waals surface area contributed by atoms with Gasteiger partial charge in [-0.25, -0.2) is 0 Å². The van der Waals surface area contributed by atoms with Crippen LogP contribution in [0, 0.1) is 13.8 Å². The SMILES string of the molecule is CCC(C(=O)Nc1ccccc1)n1nnc2sc(C)c(C)c2c1=O. The molecule has 1 atom stereocenters. The number of amides is 1. The van der Waals surface area contributed by atoms with Crippen LogP contribution in [-0.4, -0.2) is 20.9 Å². The van der Waals surface area contributed by atoms with E-state index in [4.69, 9.17) is 0 Å². The summed E-state index contributed by atoms with van der Waals surface area (Å²) in [5.41, 5.74) is 1.32. The van der Waals surface area contributed by atoms with Gasteiger partial charge in [0.15, 0.2) is 4.83 Å². The van der Waals surface area contributed by atoms with Crippen molar-refractivity contribution in [3.63, 3.8) is 0 Å². The van der Waals surface area contributed by atoms with Gasteiger partial charge in [0, 0.05) is 10.6 Å². The van der Waals surface area contributed by atoms with E-state index >= 15 is 0 Å². The third-order valence-electron chi connectivity index (χ3n) is 4.05. The van der Waals surface area contributed by atoms with Crippen molar-refractivity contribution in [3.8, 4) is 0 Å². The summed E-state index contributed by atoms with van der Waals surface area (Å²) in [4.78, 5) is 27.0. The maximum absolute atomic E-state index is 12.8. The lowest BCUT2D eigenvalue weighted by atomic mass is 10.2. The van der Waals surface area contributed by atoms with Gasteiger partial charge in [0.25, 0.3) is 5.56 Å². The van der Waals surface area contributed by atoms with Crippen molar-refractivity contribution >= 4 is 33.1 Å². The fraction of sp³-hybridized carbons (Fsp3) is 0.294. The number of hydrogen-bond donors (Lipinski definition) is 1. The molecule has 1 N–H and O–H groups in total. The molecule has 1 aromatic carbocycles. The van der Waals surface area contributed by atoms with Gasteiger partial charge in [-0.3, -0.25) is 9.59 Å². The molecule has 0 aliphatic heterocycles. The van der Waals surface area contributed by atoms with E-state index in [0.717, 1.165) is 10.4 Å². The van der Waals surface area contributed by atoms with Crippen LogP contribution in [0.3, 0.4) is 0 Å². The molecular weight excluding hydrogens is 324 g/mol. The molecule has 2 aromatic heterocycles. The van der Waals surface area contributed by atoms with E-state index in [-0.39, 0.29) is 11.5 Å². The Labute approximate surface area is 143 Å². The van der Waals surface area contributed by atoms with Crippen LogP contribution in [0.5, 0.6) is 0 Å². The summed E-state index contributed by atoms with van der Waals surface area (Å²) in [5, 5.41) is 11.5. The Hall–Kier alpha value is -2.54. The molecule has 3 rings (SSSR count). The first kappa shape index (κ1) is 16.3. The van der Waals surface area contributed by atoms with Crippen molar-refractivity contribution in [2.24, 2.45) is 0 Å². The van der Waals surface area contributed by atoms with E-state index in [2.05, 4.69) is 15.6 Å². The van der Waals surface area contributed by atoms with Gasteiger partial charge in [0.05, 0.1) is 5.39 Å². The molecule has 0 saturated carbocycles. The summed E-state index contributed by atoms with van der Waals surface area (Å²) in [5.74, 6) is -0.274. The lowest BCUT2D eigenvalue weighted by Gasteiger charge is -2.16. The third-order valence-corrected chi connectivity index (χ3v) is 5.14. The smallest absolute Gasteiger partial charge is 0.279 e. The van der Waals surface area contributed by atoms with E-state index in [1.54, 1.807) is 12.1 Å². The number of aryl methyl sites for hydroxylation is 2. The number of benzene rings is 1. The fourth-order valence-electron chi connectivity index (χ4n) is 2.60. The first-order valence-electron chi connectivity index (χ1n) is 7.74. The Balaban J connectivity index is 2.00. The third kappa shape index (κ3) is 2.82. The van der Waals surface area contributed by atoms with Gasteiger partial charge < -0.3 is 5.32 Å². The lowest BCUT2D eigenvalue weighted by Crippen LogP contribution is -2.35. The van der Waals surface area contributed by atoms with E-state index in [1.165, 1.54) is 16.0 Å². The van der Waals surface area contributed by atoms with Crippen molar-refractivity contribution in [3.05, 3.63) is 51.1 Å². The number of nitrogens with zero attached hydrogens (tertiary/aromatic N) is 3. The number of carbonyl (C=O) groups is 1. The zero-order valence-corrected chi connectivity index (χ0v) is 14.6. The average molecular weight is 342 g/mol. The number of carbonyl (C=O) groups excluding carboxylic acids is 1. The molecule has 124 valence electrons. The molecule has 1 unspecified atom stereocenters. The Morgan fingerprint density at radius 1 is 1.29 bits per heavy atom. The minimum absolute atomic E-state index is 0.267. The maximum atomic E-state index is 12.8. The van der Waals surface area contributed by atoms with E-state index < -0.39 is 6.04 Å². The Kier molecular flexibility index (Phi) is 4.44. The summed E-state index contributed by atoms with van der Waals surface area (Å²) < 4.78 is 1.19. The van der Waals surface area contributed by atoms with Gasteiger partial charge in [-0.05, 0) is 38.0 Å². The van der Waals surface area contributed by atoms with Crippen LogP contribution in [-0.2, 0) is 4.79 Å². The summed E-state index contributed by atoms with van der Waals surface area (Å²) in [7, 11) is 0. The van der Waals surface area contributed by atoms with Crippen molar-refractivity contribution in [1.82, 2.24) is 15.0 Å². The van der Waals surface area contributed by atoms with Crippen molar-refractivity contribution in [1.29, 1.82) is 0 Å². The molecule has 6 nitrogen and oxygen atoms in total. The second-order valence-electron chi connectivity index (χ2n) is 5.58. The molecule has 0 aliphatic rings. The van der Waals surface area contributed by atoms with Gasteiger partial charge in [-0.2, -0.15) is 4.68 Å². The van der Waals surface area contributed by atoms with Crippen molar-refractivity contribution in [2.75, 3.05) is 5.32 Å². The molecule has 7 heteroatoms. The minimum atomic E-state index is -0.700. The van der Waals surface area contributed by atoms with Gasteiger partial charge in [-0.1, -0.05) is 30.3 Å². The predicted molar refractivity (Wildman–Crippen MR) is 95.5 cm³/mol. The van der Waals surface area contributed by atoms with Crippen molar-refractivity contribution in [2.45, 2.75) is 33.2 Å². The molecule has 0 spiro atoms. The Morgan fingerprint density at radius 2 is 2.00 bits per heavy atom. The summed E-state index contributed by atoms with van der Waals surface area (Å²) in [6.45, 7) is 5.69. The monoisotopic (exact) mass is 342 g/mol. The molecule has 0 fully saturated rings. The van der Waals surface area contributed by atoms with E-state index in [0.29, 0.717) is 22.3 Å². The van der Waals surface area contributed by atoms with E-state index in [9.17, 15) is 9.59 Å². The van der Waals surface area contributed by atoms with Crippen LogP contribution in [0.1, 0.15) is 29.8 Å². The Morgan fingerprint density at radius 3 is 2.67 bits per heavy atom. The molecule has 0 bridgehead atoms. The molecule has 0 aliphatic carbocycles. The lowest BCUT2D eigenvalue weighted by molar-refractivity contribution is -0.119. The van der Waals surface area contributed by atoms with Crippen molar-refractivity contribution < 1.29 is 4.79 Å². The second kappa shape index (κ2) is 6.52. The molecule has 0 saturated heterocycles. The van der Waals surface area contributed by atoms with Crippen LogP contribution in [0.25, 0.3) is 10.2 Å². The maximum Gasteiger partial charge on any atom is 0.279 e. The number of hydrogen-bond acceptors (Lipinski definition) is 5. The number of rotatable bonds is 4. The number of fused-ring (bicyclic) bond motifs is 1. The number of nitrogens with one attached hydrogen (secondary N) is 1. The normalized spacial score (nSPS) is 12.3. The summed E-state index contributed by atoms with van der Waals surface area (Å²) in [6.07, 6.45) is 0.445. The topological polar surface area (TPSA) is 76.9 Å². The second-order valence-corrected chi connectivity index (χ2v) is 6.79. The number of anilines is 1. The highest BCUT2D eigenvalue weighted by Crippen LogP contribution is 2.25. The molecular formula is C17H18N4O2S. The zero-order chi connectivity index (χ0) is 17.3. The van der Waals surface area contributed by atoms with E-state index in [1.807, 2.05) is 39.0 Å². The number of para-hydroxylation sites is 1. The average Bonchev–Trinajstić information content (AvgIpc) is 2.86. The predicted octanol–water partition coefficient (Wildman–Crippen LogP) is 3.06. The minimum Gasteiger partial charge on any atom is -0.324 e. The standard InChI is InChI=1S/C17H18N4O2S/c1-4-13(15(22)18-12-8-6-5-7-9-12)21-17(23)14-10(2)11(3)24-16(14)19-20-21/h5-9,13H,4H2,1-3H3,(H,18,22). The van der Waals surface area contributed by atoms with Gasteiger partial charge >= 0.3 is 0 Å². The first-order valence-corrected chi connectivity index (χ1v) is 8.55.